The summed E-state index contributed by atoms with van der Waals surface area (Å²) in [6.45, 7) is 4.74. The van der Waals surface area contributed by atoms with Crippen LogP contribution in [-0.2, 0) is 9.47 Å². The third-order valence-corrected chi connectivity index (χ3v) is 3.28. The van der Waals surface area contributed by atoms with Gasteiger partial charge in [0.05, 0.1) is 25.4 Å². The van der Waals surface area contributed by atoms with E-state index < -0.39 is 6.10 Å². The van der Waals surface area contributed by atoms with Crippen molar-refractivity contribution >= 4 is 0 Å². The van der Waals surface area contributed by atoms with E-state index in [2.05, 4.69) is 12.2 Å². The van der Waals surface area contributed by atoms with Crippen molar-refractivity contribution in [2.45, 2.75) is 44.8 Å². The Hall–Kier alpha value is -0.160. The minimum Gasteiger partial charge on any atom is -0.389 e. The molecule has 17 heavy (non-hydrogen) atoms. The van der Waals surface area contributed by atoms with Gasteiger partial charge in [-0.3, -0.25) is 0 Å². The molecule has 0 aromatic rings. The molecular formula is C13H27NO3. The molecule has 4 heteroatoms. The van der Waals surface area contributed by atoms with E-state index in [0.29, 0.717) is 25.9 Å². The average molecular weight is 245 g/mol. The molecular weight excluding hydrogens is 218 g/mol. The van der Waals surface area contributed by atoms with Crippen LogP contribution in [0.15, 0.2) is 0 Å². The Morgan fingerprint density at radius 3 is 2.94 bits per heavy atom. The first-order valence-electron chi connectivity index (χ1n) is 6.71. The molecule has 0 saturated heterocycles. The van der Waals surface area contributed by atoms with E-state index in [4.69, 9.17) is 9.47 Å². The number of rotatable bonds is 8. The highest BCUT2D eigenvalue weighted by atomic mass is 16.5. The van der Waals surface area contributed by atoms with Crippen LogP contribution in [0.4, 0.5) is 0 Å². The number of ether oxygens (including phenoxy) is 2. The van der Waals surface area contributed by atoms with Crippen LogP contribution >= 0.6 is 0 Å². The zero-order chi connectivity index (χ0) is 12.5. The summed E-state index contributed by atoms with van der Waals surface area (Å²) in [6, 6.07) is 0. The number of nitrogens with one attached hydrogen (secondary N) is 1. The minimum absolute atomic E-state index is 0.354. The largest absolute Gasteiger partial charge is 0.389 e. The van der Waals surface area contributed by atoms with E-state index in [-0.39, 0.29) is 0 Å². The van der Waals surface area contributed by atoms with Gasteiger partial charge in [0.15, 0.2) is 0 Å². The van der Waals surface area contributed by atoms with E-state index in [9.17, 15) is 5.11 Å². The lowest BCUT2D eigenvalue weighted by atomic mass is 9.89. The molecule has 0 amide bonds. The molecule has 0 heterocycles. The van der Waals surface area contributed by atoms with E-state index in [1.807, 2.05) is 0 Å². The van der Waals surface area contributed by atoms with Gasteiger partial charge in [-0.25, -0.2) is 0 Å². The molecule has 0 aromatic heterocycles. The topological polar surface area (TPSA) is 50.7 Å². The molecule has 0 aliphatic heterocycles. The molecule has 102 valence electrons. The van der Waals surface area contributed by atoms with E-state index >= 15 is 0 Å². The average Bonchev–Trinajstić information content (AvgIpc) is 2.32. The summed E-state index contributed by atoms with van der Waals surface area (Å²) < 4.78 is 10.7. The van der Waals surface area contributed by atoms with Crippen molar-refractivity contribution in [3.8, 4) is 0 Å². The van der Waals surface area contributed by atoms with E-state index in [1.165, 1.54) is 12.8 Å². The Kier molecular flexibility index (Phi) is 7.77. The highest BCUT2D eigenvalue weighted by Crippen LogP contribution is 2.25. The van der Waals surface area contributed by atoms with Crippen LogP contribution in [-0.4, -0.2) is 50.7 Å². The van der Waals surface area contributed by atoms with Crippen LogP contribution in [0.2, 0.25) is 0 Å². The van der Waals surface area contributed by atoms with Crippen molar-refractivity contribution in [3.63, 3.8) is 0 Å². The standard InChI is InChI=1S/C13H27NO3/c1-11-4-3-5-13(8-11)17-10-12(15)9-14-6-7-16-2/h11-15H,3-10H2,1-2H3/t11-,12-,13+/m0/s1. The van der Waals surface area contributed by atoms with Gasteiger partial charge in [0.2, 0.25) is 0 Å². The molecule has 0 spiro atoms. The van der Waals surface area contributed by atoms with Gasteiger partial charge in [-0.2, -0.15) is 0 Å². The van der Waals surface area contributed by atoms with Gasteiger partial charge < -0.3 is 19.9 Å². The lowest BCUT2D eigenvalue weighted by molar-refractivity contribution is -0.0307. The number of aliphatic hydroxyl groups excluding tert-OH is 1. The number of aliphatic hydroxyl groups is 1. The van der Waals surface area contributed by atoms with Crippen molar-refractivity contribution < 1.29 is 14.6 Å². The fraction of sp³-hybridized carbons (Fsp3) is 1.00. The van der Waals surface area contributed by atoms with Gasteiger partial charge in [0, 0.05) is 20.2 Å². The van der Waals surface area contributed by atoms with Gasteiger partial charge in [0.25, 0.3) is 0 Å². The summed E-state index contributed by atoms with van der Waals surface area (Å²) in [5.41, 5.74) is 0. The van der Waals surface area contributed by atoms with Crippen LogP contribution in [0.1, 0.15) is 32.6 Å². The molecule has 1 rings (SSSR count). The molecule has 0 aromatic carbocycles. The summed E-state index contributed by atoms with van der Waals surface area (Å²) >= 11 is 0. The first kappa shape index (κ1) is 14.9. The quantitative estimate of drug-likeness (QED) is 0.631. The fourth-order valence-electron chi connectivity index (χ4n) is 2.28. The maximum absolute atomic E-state index is 9.72. The van der Waals surface area contributed by atoms with Crippen LogP contribution in [0.25, 0.3) is 0 Å². The highest BCUT2D eigenvalue weighted by molar-refractivity contribution is 4.71. The summed E-state index contributed by atoms with van der Waals surface area (Å²) in [7, 11) is 1.67. The third kappa shape index (κ3) is 6.99. The Morgan fingerprint density at radius 1 is 1.41 bits per heavy atom. The Bertz CT molecular complexity index is 190. The molecule has 1 aliphatic rings. The second-order valence-electron chi connectivity index (χ2n) is 5.08. The van der Waals surface area contributed by atoms with Gasteiger partial charge >= 0.3 is 0 Å². The van der Waals surface area contributed by atoms with Crippen LogP contribution in [0, 0.1) is 5.92 Å². The first-order chi connectivity index (χ1) is 8.22. The maximum Gasteiger partial charge on any atom is 0.0897 e. The van der Waals surface area contributed by atoms with Crippen LogP contribution in [0.3, 0.4) is 0 Å². The summed E-state index contributed by atoms with van der Waals surface area (Å²) in [4.78, 5) is 0. The zero-order valence-corrected chi connectivity index (χ0v) is 11.2. The highest BCUT2D eigenvalue weighted by Gasteiger charge is 2.20. The van der Waals surface area contributed by atoms with Crippen molar-refractivity contribution in [3.05, 3.63) is 0 Å². The maximum atomic E-state index is 9.72. The lowest BCUT2D eigenvalue weighted by Gasteiger charge is -2.27. The predicted octanol–water partition coefficient (Wildman–Crippen LogP) is 1.18. The summed E-state index contributed by atoms with van der Waals surface area (Å²) in [5.74, 6) is 0.769. The zero-order valence-electron chi connectivity index (χ0n) is 11.2. The number of methoxy groups -OCH3 is 1. The van der Waals surface area contributed by atoms with Crippen molar-refractivity contribution in [1.82, 2.24) is 5.32 Å². The summed E-state index contributed by atoms with van der Waals surface area (Å²) in [6.07, 6.45) is 4.81. The molecule has 4 nitrogen and oxygen atoms in total. The molecule has 2 N–H and O–H groups in total. The van der Waals surface area contributed by atoms with E-state index in [0.717, 1.165) is 25.3 Å². The van der Waals surface area contributed by atoms with Gasteiger partial charge in [-0.1, -0.05) is 19.8 Å². The Labute approximate surface area is 105 Å². The SMILES string of the molecule is COCCNC[C@H](O)CO[C@@H]1CCC[C@H](C)C1. The monoisotopic (exact) mass is 245 g/mol. The molecule has 1 aliphatic carbocycles. The van der Waals surface area contributed by atoms with Gasteiger partial charge in [0.1, 0.15) is 0 Å². The molecule has 1 saturated carbocycles. The first-order valence-corrected chi connectivity index (χ1v) is 6.71. The normalized spacial score (nSPS) is 27.0. The fourth-order valence-corrected chi connectivity index (χ4v) is 2.28. The molecule has 0 bridgehead atoms. The smallest absolute Gasteiger partial charge is 0.0897 e. The second kappa shape index (κ2) is 8.86. The van der Waals surface area contributed by atoms with Gasteiger partial charge in [-0.15, -0.1) is 0 Å². The van der Waals surface area contributed by atoms with Gasteiger partial charge in [-0.05, 0) is 18.8 Å². The van der Waals surface area contributed by atoms with Crippen LogP contribution < -0.4 is 5.32 Å². The van der Waals surface area contributed by atoms with E-state index in [1.54, 1.807) is 7.11 Å². The minimum atomic E-state index is -0.413. The predicted molar refractivity (Wildman–Crippen MR) is 68.1 cm³/mol. The molecule has 3 atom stereocenters. The lowest BCUT2D eigenvalue weighted by Crippen LogP contribution is -2.34. The van der Waals surface area contributed by atoms with Crippen molar-refractivity contribution in [1.29, 1.82) is 0 Å². The number of hydrogen-bond acceptors (Lipinski definition) is 4. The molecule has 0 radical (unpaired) electrons. The third-order valence-electron chi connectivity index (χ3n) is 3.28. The van der Waals surface area contributed by atoms with Crippen LogP contribution in [0.5, 0.6) is 0 Å². The molecule has 0 unspecified atom stereocenters. The van der Waals surface area contributed by atoms with Crippen molar-refractivity contribution in [2.75, 3.05) is 33.4 Å². The Morgan fingerprint density at radius 2 is 2.24 bits per heavy atom. The Balaban J connectivity index is 2.00. The summed E-state index contributed by atoms with van der Waals surface area (Å²) in [5, 5.41) is 12.8. The molecule has 1 fully saturated rings. The van der Waals surface area contributed by atoms with Crippen molar-refractivity contribution in [2.24, 2.45) is 5.92 Å². The second-order valence-corrected chi connectivity index (χ2v) is 5.08. The number of hydrogen-bond donors (Lipinski definition) is 2.